The predicted octanol–water partition coefficient (Wildman–Crippen LogP) is 4.47. The van der Waals surface area contributed by atoms with Crippen LogP contribution in [0.5, 0.6) is 5.75 Å². The average molecular weight is 387 g/mol. The predicted molar refractivity (Wildman–Crippen MR) is 112 cm³/mol. The Morgan fingerprint density at radius 2 is 1.83 bits per heavy atom. The van der Waals surface area contributed by atoms with Crippen LogP contribution in [0.25, 0.3) is 10.9 Å². The van der Waals surface area contributed by atoms with E-state index in [2.05, 4.69) is 49.9 Å². The highest BCUT2D eigenvalue weighted by molar-refractivity contribution is 5.86. The Kier molecular flexibility index (Phi) is 4.81. The van der Waals surface area contributed by atoms with Crippen molar-refractivity contribution in [2.75, 3.05) is 18.0 Å². The Balaban J connectivity index is 1.26. The van der Waals surface area contributed by atoms with Crippen molar-refractivity contribution in [1.82, 2.24) is 14.5 Å². The Hall–Kier alpha value is -3.07. The molecule has 0 atom stereocenters. The Morgan fingerprint density at radius 3 is 2.55 bits per heavy atom. The van der Waals surface area contributed by atoms with Gasteiger partial charge in [0.1, 0.15) is 23.7 Å². The summed E-state index contributed by atoms with van der Waals surface area (Å²) >= 11 is 0. The maximum atomic E-state index is 8.87. The largest absolute Gasteiger partial charge is 0.490 e. The number of aromatic nitrogens is 3. The fourth-order valence-electron chi connectivity index (χ4n) is 4.69. The summed E-state index contributed by atoms with van der Waals surface area (Å²) in [7, 11) is 0. The minimum atomic E-state index is 0.207. The second-order valence-corrected chi connectivity index (χ2v) is 8.03. The van der Waals surface area contributed by atoms with Gasteiger partial charge >= 0.3 is 0 Å². The van der Waals surface area contributed by atoms with Crippen molar-refractivity contribution >= 4 is 16.7 Å². The third-order valence-electron chi connectivity index (χ3n) is 6.25. The van der Waals surface area contributed by atoms with E-state index in [1.165, 1.54) is 42.8 Å². The maximum absolute atomic E-state index is 8.87. The molecule has 0 bridgehead atoms. The molecular weight excluding hydrogens is 362 g/mol. The van der Waals surface area contributed by atoms with Crippen molar-refractivity contribution in [2.24, 2.45) is 0 Å². The fraction of sp³-hybridized carbons (Fsp3) is 0.435. The van der Waals surface area contributed by atoms with E-state index in [0.717, 1.165) is 37.5 Å². The van der Waals surface area contributed by atoms with Gasteiger partial charge in [-0.2, -0.15) is 5.26 Å². The van der Waals surface area contributed by atoms with Crippen molar-refractivity contribution in [1.29, 1.82) is 5.26 Å². The van der Waals surface area contributed by atoms with Crippen LogP contribution < -0.4 is 9.64 Å². The molecule has 2 aromatic heterocycles. The maximum Gasteiger partial charge on any atom is 0.158 e. The number of fused-ring (bicyclic) bond motifs is 1. The van der Waals surface area contributed by atoms with E-state index in [4.69, 9.17) is 10.00 Å². The quantitative estimate of drug-likeness (QED) is 0.661. The molecule has 2 aliphatic rings. The average Bonchev–Trinajstić information content (AvgIpc) is 3.44. The zero-order valence-electron chi connectivity index (χ0n) is 16.5. The molecule has 1 saturated heterocycles. The van der Waals surface area contributed by atoms with Crippen LogP contribution >= 0.6 is 0 Å². The molecule has 1 saturated carbocycles. The number of benzene rings is 1. The monoisotopic (exact) mass is 387 g/mol. The van der Waals surface area contributed by atoms with Crippen LogP contribution in [0.3, 0.4) is 0 Å². The summed E-state index contributed by atoms with van der Waals surface area (Å²) in [5, 5.41) is 10.1. The molecule has 6 heteroatoms. The van der Waals surface area contributed by atoms with Gasteiger partial charge in [0.25, 0.3) is 0 Å². The molecule has 5 rings (SSSR count). The lowest BCUT2D eigenvalue weighted by molar-refractivity contribution is 0.173. The first-order valence-electron chi connectivity index (χ1n) is 10.5. The summed E-state index contributed by atoms with van der Waals surface area (Å²) in [5.74, 6) is 1.83. The molecule has 0 radical (unpaired) electrons. The second kappa shape index (κ2) is 7.75. The van der Waals surface area contributed by atoms with Crippen LogP contribution in [0.2, 0.25) is 0 Å². The highest BCUT2D eigenvalue weighted by Crippen LogP contribution is 2.36. The number of piperidine rings is 1. The minimum Gasteiger partial charge on any atom is -0.490 e. The zero-order chi connectivity index (χ0) is 19.6. The summed E-state index contributed by atoms with van der Waals surface area (Å²) in [5.41, 5.74) is 1.64. The summed E-state index contributed by atoms with van der Waals surface area (Å²) in [6.07, 6.45) is 12.8. The van der Waals surface area contributed by atoms with Gasteiger partial charge in [0.2, 0.25) is 0 Å². The van der Waals surface area contributed by atoms with E-state index in [0.29, 0.717) is 11.7 Å². The van der Waals surface area contributed by atoms with Crippen LogP contribution in [0.1, 0.15) is 50.3 Å². The SMILES string of the molecule is N#Cc1cnc(N2CCC(Oc3cccc4c3ccn4C3CCCC3)CC2)cn1. The van der Waals surface area contributed by atoms with Crippen LogP contribution in [-0.2, 0) is 0 Å². The Bertz CT molecular complexity index is 1020. The summed E-state index contributed by atoms with van der Waals surface area (Å²) in [6.45, 7) is 1.76. The number of nitriles is 1. The van der Waals surface area contributed by atoms with Crippen LogP contribution in [0, 0.1) is 11.3 Å². The van der Waals surface area contributed by atoms with Crippen LogP contribution in [0.15, 0.2) is 42.9 Å². The normalized spacial score (nSPS) is 18.2. The van der Waals surface area contributed by atoms with Crippen molar-refractivity contribution in [2.45, 2.75) is 50.7 Å². The first kappa shape index (κ1) is 18.0. The molecule has 148 valence electrons. The number of nitrogens with zero attached hydrogens (tertiary/aromatic N) is 5. The van der Waals surface area contributed by atoms with Gasteiger partial charge in [0.05, 0.1) is 17.9 Å². The molecule has 3 aromatic rings. The lowest BCUT2D eigenvalue weighted by Gasteiger charge is -2.32. The number of rotatable bonds is 4. The van der Waals surface area contributed by atoms with E-state index in [1.54, 1.807) is 6.20 Å². The van der Waals surface area contributed by atoms with Gasteiger partial charge in [0.15, 0.2) is 5.69 Å². The first-order chi connectivity index (χ1) is 14.3. The van der Waals surface area contributed by atoms with Gasteiger partial charge in [0, 0.05) is 43.6 Å². The third-order valence-corrected chi connectivity index (χ3v) is 6.25. The van der Waals surface area contributed by atoms with E-state index >= 15 is 0 Å². The number of ether oxygens (including phenoxy) is 1. The van der Waals surface area contributed by atoms with Crippen molar-refractivity contribution in [3.8, 4) is 11.8 Å². The zero-order valence-corrected chi connectivity index (χ0v) is 16.5. The molecule has 2 fully saturated rings. The first-order valence-corrected chi connectivity index (χ1v) is 10.5. The Morgan fingerprint density at radius 1 is 1.00 bits per heavy atom. The van der Waals surface area contributed by atoms with E-state index in [1.807, 2.05) is 6.07 Å². The van der Waals surface area contributed by atoms with Gasteiger partial charge in [-0.15, -0.1) is 0 Å². The molecule has 0 unspecified atom stereocenters. The molecule has 0 spiro atoms. The van der Waals surface area contributed by atoms with Crippen molar-refractivity contribution in [3.05, 3.63) is 48.5 Å². The van der Waals surface area contributed by atoms with E-state index in [-0.39, 0.29) is 6.10 Å². The molecule has 3 heterocycles. The van der Waals surface area contributed by atoms with Crippen LogP contribution in [-0.4, -0.2) is 33.7 Å². The molecule has 29 heavy (non-hydrogen) atoms. The van der Waals surface area contributed by atoms with Gasteiger partial charge in [-0.05, 0) is 31.0 Å². The van der Waals surface area contributed by atoms with E-state index < -0.39 is 0 Å². The summed E-state index contributed by atoms with van der Waals surface area (Å²) < 4.78 is 8.89. The minimum absolute atomic E-state index is 0.207. The van der Waals surface area contributed by atoms with Crippen molar-refractivity contribution < 1.29 is 4.74 Å². The molecular formula is C23H25N5O. The van der Waals surface area contributed by atoms with Gasteiger partial charge in [-0.3, -0.25) is 0 Å². The molecule has 1 aliphatic carbocycles. The van der Waals surface area contributed by atoms with Gasteiger partial charge in [-0.25, -0.2) is 9.97 Å². The molecule has 6 nitrogen and oxygen atoms in total. The highest BCUT2D eigenvalue weighted by atomic mass is 16.5. The number of anilines is 1. The molecule has 0 N–H and O–H groups in total. The fourth-order valence-corrected chi connectivity index (χ4v) is 4.69. The summed E-state index contributed by atoms with van der Waals surface area (Å²) in [4.78, 5) is 10.7. The smallest absolute Gasteiger partial charge is 0.158 e. The number of hydrogen-bond donors (Lipinski definition) is 0. The molecule has 1 aromatic carbocycles. The third kappa shape index (κ3) is 3.53. The Labute approximate surface area is 170 Å². The van der Waals surface area contributed by atoms with Gasteiger partial charge < -0.3 is 14.2 Å². The standard InChI is InChI=1S/C23H25N5O/c24-14-17-15-26-23(16-25-17)27-11-8-19(9-12-27)29-22-7-3-6-21-20(22)10-13-28(21)18-4-1-2-5-18/h3,6-7,10,13,15-16,18-19H,1-2,4-5,8-9,11-12H2. The second-order valence-electron chi connectivity index (χ2n) is 8.03. The molecule has 0 amide bonds. The van der Waals surface area contributed by atoms with Crippen molar-refractivity contribution in [3.63, 3.8) is 0 Å². The number of hydrogen-bond acceptors (Lipinski definition) is 5. The van der Waals surface area contributed by atoms with Gasteiger partial charge in [-0.1, -0.05) is 18.9 Å². The highest BCUT2D eigenvalue weighted by Gasteiger charge is 2.23. The lowest BCUT2D eigenvalue weighted by atomic mass is 10.1. The lowest BCUT2D eigenvalue weighted by Crippen LogP contribution is -2.38. The van der Waals surface area contributed by atoms with Crippen LogP contribution in [0.4, 0.5) is 5.82 Å². The molecule has 1 aliphatic heterocycles. The van der Waals surface area contributed by atoms with E-state index in [9.17, 15) is 0 Å². The summed E-state index contributed by atoms with van der Waals surface area (Å²) in [6, 6.07) is 11.3. The topological polar surface area (TPSA) is 67.0 Å².